The van der Waals surface area contributed by atoms with E-state index in [9.17, 15) is 4.79 Å². The van der Waals surface area contributed by atoms with E-state index in [1.165, 1.54) is 5.56 Å². The number of hydrazine groups is 1. The molecule has 0 radical (unpaired) electrons. The highest BCUT2D eigenvalue weighted by Gasteiger charge is 2.31. The Balaban J connectivity index is 1.55. The molecule has 3 N–H and O–H groups in total. The molecule has 2 aromatic carbocycles. The Bertz CT molecular complexity index is 958. The van der Waals surface area contributed by atoms with Crippen LogP contribution in [-0.2, 0) is 10.3 Å². The summed E-state index contributed by atoms with van der Waals surface area (Å²) < 4.78 is 2.08. The van der Waals surface area contributed by atoms with Crippen LogP contribution >= 0.6 is 0 Å². The molecule has 3 aromatic rings. The normalized spacial score (nSPS) is 20.1. The smallest absolute Gasteiger partial charge is 0.245 e. The molecule has 1 fully saturated rings. The molecule has 6 nitrogen and oxygen atoms in total. The Morgan fingerprint density at radius 1 is 1.07 bits per heavy atom. The van der Waals surface area contributed by atoms with Gasteiger partial charge in [0, 0.05) is 11.6 Å². The highest BCUT2D eigenvalue weighted by molar-refractivity contribution is 5.95. The van der Waals surface area contributed by atoms with Crippen LogP contribution in [0.2, 0.25) is 0 Å². The molecule has 2 unspecified atom stereocenters. The van der Waals surface area contributed by atoms with Crippen molar-refractivity contribution in [3.05, 3.63) is 60.2 Å². The minimum atomic E-state index is -0.316. The van der Waals surface area contributed by atoms with Crippen molar-refractivity contribution in [3.63, 3.8) is 0 Å². The van der Waals surface area contributed by atoms with E-state index in [1.54, 1.807) is 0 Å². The molecule has 0 saturated carbocycles. The first-order valence-electron chi connectivity index (χ1n) is 9.28. The van der Waals surface area contributed by atoms with Gasteiger partial charge in [0.1, 0.15) is 6.04 Å². The molecule has 1 aliphatic heterocycles. The number of hydrogen-bond acceptors (Lipinski definition) is 4. The van der Waals surface area contributed by atoms with Gasteiger partial charge in [-0.25, -0.2) is 15.8 Å². The second-order valence-electron chi connectivity index (χ2n) is 7.96. The molecule has 1 aliphatic rings. The van der Waals surface area contributed by atoms with Crippen molar-refractivity contribution in [3.8, 4) is 0 Å². The van der Waals surface area contributed by atoms with Crippen molar-refractivity contribution in [1.29, 1.82) is 0 Å². The van der Waals surface area contributed by atoms with E-state index in [0.717, 1.165) is 11.0 Å². The van der Waals surface area contributed by atoms with Crippen LogP contribution < -0.4 is 16.2 Å². The fraction of sp³-hybridized carbons (Fsp3) is 0.333. The zero-order valence-electron chi connectivity index (χ0n) is 15.9. The summed E-state index contributed by atoms with van der Waals surface area (Å²) in [5.41, 5.74) is 9.20. The van der Waals surface area contributed by atoms with Crippen LogP contribution in [0.25, 0.3) is 11.0 Å². The lowest BCUT2D eigenvalue weighted by Gasteiger charge is -2.25. The number of amides is 1. The maximum atomic E-state index is 12.9. The zero-order valence-corrected chi connectivity index (χ0v) is 15.9. The first-order valence-corrected chi connectivity index (χ1v) is 9.28. The number of rotatable bonds is 3. The Morgan fingerprint density at radius 3 is 2.52 bits per heavy atom. The minimum absolute atomic E-state index is 0.0817. The molecule has 0 bridgehead atoms. The maximum Gasteiger partial charge on any atom is 0.245 e. The monoisotopic (exact) mass is 363 g/mol. The summed E-state index contributed by atoms with van der Waals surface area (Å²) in [4.78, 5) is 17.5. The third kappa shape index (κ3) is 3.46. The summed E-state index contributed by atoms with van der Waals surface area (Å²) >= 11 is 0. The van der Waals surface area contributed by atoms with Gasteiger partial charge in [0.05, 0.1) is 11.0 Å². The lowest BCUT2D eigenvalue weighted by molar-refractivity contribution is -0.118. The summed E-state index contributed by atoms with van der Waals surface area (Å²) in [5, 5.41) is 3.03. The molecular weight excluding hydrogens is 338 g/mol. The van der Waals surface area contributed by atoms with Gasteiger partial charge in [-0.05, 0) is 44.9 Å². The molecule has 0 spiro atoms. The fourth-order valence-corrected chi connectivity index (χ4v) is 3.62. The van der Waals surface area contributed by atoms with Crippen molar-refractivity contribution in [2.75, 3.05) is 5.32 Å². The van der Waals surface area contributed by atoms with Crippen LogP contribution in [0.3, 0.4) is 0 Å². The Morgan fingerprint density at radius 2 is 1.78 bits per heavy atom. The number of imidazole rings is 1. The number of fused-ring (bicyclic) bond motifs is 1. The van der Waals surface area contributed by atoms with Gasteiger partial charge in [-0.15, -0.1) is 0 Å². The molecule has 27 heavy (non-hydrogen) atoms. The number of anilines is 1. The summed E-state index contributed by atoms with van der Waals surface area (Å²) in [6.07, 6.45) is 0.686. The zero-order chi connectivity index (χ0) is 19.0. The number of carbonyl (C=O) groups excluding carboxylic acids is 1. The summed E-state index contributed by atoms with van der Waals surface area (Å²) in [5.74, 6) is 0.500. The van der Waals surface area contributed by atoms with Crippen LogP contribution in [-0.4, -0.2) is 21.5 Å². The molecule has 1 saturated heterocycles. The average Bonchev–Trinajstić information content (AvgIpc) is 3.26. The molecular formula is C21H25N5O. The number of nitrogens with zero attached hydrogens (tertiary/aromatic N) is 2. The minimum Gasteiger partial charge on any atom is -0.305 e. The summed E-state index contributed by atoms with van der Waals surface area (Å²) in [6, 6.07) is 17.9. The van der Waals surface area contributed by atoms with E-state index in [2.05, 4.69) is 58.6 Å². The average molecular weight is 363 g/mol. The van der Waals surface area contributed by atoms with Gasteiger partial charge in [-0.1, -0.05) is 42.5 Å². The Hall–Kier alpha value is -2.70. The van der Waals surface area contributed by atoms with Gasteiger partial charge in [-0.3, -0.25) is 10.1 Å². The van der Waals surface area contributed by atoms with Crippen molar-refractivity contribution in [1.82, 2.24) is 20.4 Å². The van der Waals surface area contributed by atoms with E-state index in [1.807, 2.05) is 42.5 Å². The second-order valence-corrected chi connectivity index (χ2v) is 7.96. The van der Waals surface area contributed by atoms with Crippen molar-refractivity contribution in [2.24, 2.45) is 0 Å². The molecule has 0 aliphatic carbocycles. The van der Waals surface area contributed by atoms with E-state index < -0.39 is 0 Å². The van der Waals surface area contributed by atoms with Crippen molar-refractivity contribution < 1.29 is 4.79 Å². The predicted octanol–water partition coefficient (Wildman–Crippen LogP) is 3.34. The number of hydrogen-bond donors (Lipinski definition) is 3. The first-order chi connectivity index (χ1) is 12.9. The third-order valence-corrected chi connectivity index (χ3v) is 4.89. The van der Waals surface area contributed by atoms with Gasteiger partial charge in [0.2, 0.25) is 11.9 Å². The Kier molecular flexibility index (Phi) is 4.45. The molecule has 1 amide bonds. The van der Waals surface area contributed by atoms with Crippen LogP contribution in [0.5, 0.6) is 0 Å². The maximum absolute atomic E-state index is 12.9. The quantitative estimate of drug-likeness (QED) is 0.667. The number of aromatic nitrogens is 2. The van der Waals surface area contributed by atoms with Gasteiger partial charge < -0.3 is 4.57 Å². The van der Waals surface area contributed by atoms with Crippen LogP contribution in [0.1, 0.15) is 38.8 Å². The Labute approximate surface area is 159 Å². The molecule has 1 aromatic heterocycles. The van der Waals surface area contributed by atoms with E-state index >= 15 is 0 Å². The van der Waals surface area contributed by atoms with Crippen LogP contribution in [0, 0.1) is 0 Å². The molecule has 2 heterocycles. The van der Waals surface area contributed by atoms with Crippen molar-refractivity contribution >= 4 is 22.9 Å². The number of benzene rings is 2. The number of para-hydroxylation sites is 2. The largest absolute Gasteiger partial charge is 0.305 e. The first kappa shape index (κ1) is 17.7. The summed E-state index contributed by atoms with van der Waals surface area (Å²) in [6.45, 7) is 6.33. The van der Waals surface area contributed by atoms with E-state index in [0.29, 0.717) is 12.4 Å². The van der Waals surface area contributed by atoms with Crippen molar-refractivity contribution in [2.45, 2.75) is 44.8 Å². The van der Waals surface area contributed by atoms with Gasteiger partial charge in [0.25, 0.3) is 0 Å². The molecule has 4 rings (SSSR count). The van der Waals surface area contributed by atoms with Gasteiger partial charge in [0.15, 0.2) is 0 Å². The standard InChI is InChI=1S/C21H25N5O/c1-21(2,3)26-18-12-8-7-11-15(18)22-20(26)23-19(27)17-13-16(24-25-17)14-9-5-4-6-10-14/h4-12,16-17,24-25H,13H2,1-3H3,(H,22,23,27). The van der Waals surface area contributed by atoms with Crippen LogP contribution in [0.4, 0.5) is 5.95 Å². The molecule has 140 valence electrons. The van der Waals surface area contributed by atoms with Crippen LogP contribution in [0.15, 0.2) is 54.6 Å². The lowest BCUT2D eigenvalue weighted by atomic mass is 10.0. The number of nitrogens with one attached hydrogen (secondary N) is 3. The highest BCUT2D eigenvalue weighted by Crippen LogP contribution is 2.29. The predicted molar refractivity (Wildman–Crippen MR) is 107 cm³/mol. The van der Waals surface area contributed by atoms with E-state index in [-0.39, 0.29) is 23.5 Å². The number of carbonyl (C=O) groups is 1. The van der Waals surface area contributed by atoms with E-state index in [4.69, 9.17) is 0 Å². The lowest BCUT2D eigenvalue weighted by Crippen LogP contribution is -2.40. The van der Waals surface area contributed by atoms with Gasteiger partial charge in [-0.2, -0.15) is 0 Å². The topological polar surface area (TPSA) is 71.0 Å². The third-order valence-electron chi connectivity index (χ3n) is 4.89. The highest BCUT2D eigenvalue weighted by atomic mass is 16.2. The van der Waals surface area contributed by atoms with Gasteiger partial charge >= 0.3 is 0 Å². The SMILES string of the molecule is CC(C)(C)n1c(NC(=O)C2CC(c3ccccc3)NN2)nc2ccccc21. The molecule has 2 atom stereocenters. The molecule has 6 heteroatoms. The second kappa shape index (κ2) is 6.79. The fourth-order valence-electron chi connectivity index (χ4n) is 3.62. The summed E-state index contributed by atoms with van der Waals surface area (Å²) in [7, 11) is 0.